The van der Waals surface area contributed by atoms with Crippen molar-refractivity contribution in [2.24, 2.45) is 5.41 Å². The summed E-state index contributed by atoms with van der Waals surface area (Å²) in [6.07, 6.45) is 7.13. The number of aromatic nitrogens is 2. The molecule has 1 saturated carbocycles. The lowest BCUT2D eigenvalue weighted by molar-refractivity contribution is 0.166. The lowest BCUT2D eigenvalue weighted by Crippen LogP contribution is -2.43. The summed E-state index contributed by atoms with van der Waals surface area (Å²) >= 11 is 1.68. The standard InChI is InChI=1S/C17H23N3S/c1-17(2)9-5-3-8-15(17)19-11-13-12-21-16(20-13)14-7-4-6-10-18-14/h4,6-7,10,12,15,19H,3,5,8-9,11H2,1-2H3. The van der Waals surface area contributed by atoms with Crippen molar-refractivity contribution in [2.75, 3.05) is 0 Å². The van der Waals surface area contributed by atoms with Crippen molar-refractivity contribution in [3.63, 3.8) is 0 Å². The zero-order chi connectivity index (χ0) is 14.7. The molecular weight excluding hydrogens is 278 g/mol. The largest absolute Gasteiger partial charge is 0.308 e. The van der Waals surface area contributed by atoms with Crippen molar-refractivity contribution in [3.8, 4) is 10.7 Å². The monoisotopic (exact) mass is 301 g/mol. The topological polar surface area (TPSA) is 37.8 Å². The summed E-state index contributed by atoms with van der Waals surface area (Å²) < 4.78 is 0. The van der Waals surface area contributed by atoms with Crippen LogP contribution in [0.25, 0.3) is 10.7 Å². The molecule has 1 fully saturated rings. The molecule has 2 heterocycles. The third-order valence-electron chi connectivity index (χ3n) is 4.47. The van der Waals surface area contributed by atoms with Crippen LogP contribution in [0.2, 0.25) is 0 Å². The first-order valence-electron chi connectivity index (χ1n) is 7.74. The number of thiazole rings is 1. The fraction of sp³-hybridized carbons (Fsp3) is 0.529. The molecule has 0 aliphatic heterocycles. The molecule has 0 aromatic carbocycles. The maximum Gasteiger partial charge on any atom is 0.142 e. The highest BCUT2D eigenvalue weighted by Gasteiger charge is 2.31. The molecule has 21 heavy (non-hydrogen) atoms. The molecule has 0 bridgehead atoms. The summed E-state index contributed by atoms with van der Waals surface area (Å²) in [5.41, 5.74) is 2.49. The molecule has 0 amide bonds. The number of hydrogen-bond donors (Lipinski definition) is 1. The summed E-state index contributed by atoms with van der Waals surface area (Å²) in [7, 11) is 0. The minimum atomic E-state index is 0.401. The van der Waals surface area contributed by atoms with Crippen LogP contribution in [0.15, 0.2) is 29.8 Å². The molecule has 1 aliphatic rings. The van der Waals surface area contributed by atoms with E-state index in [-0.39, 0.29) is 0 Å². The Hall–Kier alpha value is -1.26. The average Bonchev–Trinajstić information content (AvgIpc) is 2.95. The predicted molar refractivity (Wildman–Crippen MR) is 88.2 cm³/mol. The Balaban J connectivity index is 1.63. The smallest absolute Gasteiger partial charge is 0.142 e. The van der Waals surface area contributed by atoms with Gasteiger partial charge in [0.1, 0.15) is 5.01 Å². The van der Waals surface area contributed by atoms with Gasteiger partial charge in [0.05, 0.1) is 11.4 Å². The van der Waals surface area contributed by atoms with Gasteiger partial charge in [0.15, 0.2) is 0 Å². The third kappa shape index (κ3) is 3.50. The van der Waals surface area contributed by atoms with Crippen molar-refractivity contribution in [2.45, 2.75) is 52.1 Å². The molecule has 112 valence electrons. The number of pyridine rings is 1. The van der Waals surface area contributed by atoms with Gasteiger partial charge in [0, 0.05) is 24.2 Å². The van der Waals surface area contributed by atoms with E-state index < -0.39 is 0 Å². The van der Waals surface area contributed by atoms with E-state index >= 15 is 0 Å². The molecule has 1 N–H and O–H groups in total. The van der Waals surface area contributed by atoms with Crippen LogP contribution in [-0.2, 0) is 6.54 Å². The average molecular weight is 301 g/mol. The molecule has 0 radical (unpaired) electrons. The summed E-state index contributed by atoms with van der Waals surface area (Å²) in [6.45, 7) is 5.62. The first-order chi connectivity index (χ1) is 10.1. The van der Waals surface area contributed by atoms with Crippen LogP contribution in [0.4, 0.5) is 0 Å². The van der Waals surface area contributed by atoms with E-state index in [2.05, 4.69) is 29.5 Å². The fourth-order valence-electron chi connectivity index (χ4n) is 3.10. The van der Waals surface area contributed by atoms with E-state index in [0.29, 0.717) is 11.5 Å². The summed E-state index contributed by atoms with van der Waals surface area (Å²) in [5, 5.41) is 6.87. The van der Waals surface area contributed by atoms with Crippen LogP contribution < -0.4 is 5.32 Å². The van der Waals surface area contributed by atoms with Crippen molar-refractivity contribution in [1.82, 2.24) is 15.3 Å². The molecule has 3 rings (SSSR count). The van der Waals surface area contributed by atoms with E-state index in [9.17, 15) is 0 Å². The Morgan fingerprint density at radius 2 is 2.24 bits per heavy atom. The van der Waals surface area contributed by atoms with Gasteiger partial charge in [-0.15, -0.1) is 11.3 Å². The minimum Gasteiger partial charge on any atom is -0.308 e. The van der Waals surface area contributed by atoms with E-state index in [1.807, 2.05) is 24.4 Å². The second kappa shape index (κ2) is 6.24. The van der Waals surface area contributed by atoms with Crippen molar-refractivity contribution >= 4 is 11.3 Å². The highest BCUT2D eigenvalue weighted by Crippen LogP contribution is 2.35. The van der Waals surface area contributed by atoms with Gasteiger partial charge in [-0.2, -0.15) is 0 Å². The summed E-state index contributed by atoms with van der Waals surface area (Å²) in [6, 6.07) is 6.56. The molecule has 1 unspecified atom stereocenters. The van der Waals surface area contributed by atoms with Gasteiger partial charge in [-0.1, -0.05) is 32.8 Å². The van der Waals surface area contributed by atoms with Crippen molar-refractivity contribution in [3.05, 3.63) is 35.5 Å². The number of rotatable bonds is 4. The SMILES string of the molecule is CC1(C)CCCCC1NCc1csc(-c2ccccn2)n1. The Labute approximate surface area is 130 Å². The quantitative estimate of drug-likeness (QED) is 0.916. The molecule has 3 nitrogen and oxygen atoms in total. The maximum atomic E-state index is 4.71. The lowest BCUT2D eigenvalue weighted by atomic mass is 9.73. The van der Waals surface area contributed by atoms with Crippen LogP contribution in [0, 0.1) is 5.41 Å². The van der Waals surface area contributed by atoms with E-state index in [1.54, 1.807) is 11.3 Å². The second-order valence-electron chi connectivity index (χ2n) is 6.53. The summed E-state index contributed by atoms with van der Waals surface area (Å²) in [4.78, 5) is 9.07. The van der Waals surface area contributed by atoms with Gasteiger partial charge in [-0.3, -0.25) is 4.98 Å². The normalized spacial score (nSPS) is 21.3. The van der Waals surface area contributed by atoms with Gasteiger partial charge in [-0.25, -0.2) is 4.98 Å². The van der Waals surface area contributed by atoms with Gasteiger partial charge in [0.25, 0.3) is 0 Å². The Morgan fingerprint density at radius 1 is 1.33 bits per heavy atom. The van der Waals surface area contributed by atoms with Crippen LogP contribution in [0.3, 0.4) is 0 Å². The highest BCUT2D eigenvalue weighted by atomic mass is 32.1. The van der Waals surface area contributed by atoms with Gasteiger partial charge >= 0.3 is 0 Å². The minimum absolute atomic E-state index is 0.401. The van der Waals surface area contributed by atoms with E-state index in [1.165, 1.54) is 25.7 Å². The Kier molecular flexibility index (Phi) is 4.36. The van der Waals surface area contributed by atoms with Crippen molar-refractivity contribution < 1.29 is 0 Å². The zero-order valence-electron chi connectivity index (χ0n) is 12.8. The number of hydrogen-bond acceptors (Lipinski definition) is 4. The number of nitrogens with one attached hydrogen (secondary N) is 1. The lowest BCUT2D eigenvalue weighted by Gasteiger charge is -2.39. The van der Waals surface area contributed by atoms with Crippen LogP contribution in [0.5, 0.6) is 0 Å². The molecule has 0 spiro atoms. The van der Waals surface area contributed by atoms with E-state index in [4.69, 9.17) is 4.98 Å². The summed E-state index contributed by atoms with van der Waals surface area (Å²) in [5.74, 6) is 0. The molecule has 2 aromatic rings. The first-order valence-corrected chi connectivity index (χ1v) is 8.62. The van der Waals surface area contributed by atoms with Gasteiger partial charge in [0.2, 0.25) is 0 Å². The highest BCUT2D eigenvalue weighted by molar-refractivity contribution is 7.13. The van der Waals surface area contributed by atoms with Crippen molar-refractivity contribution in [1.29, 1.82) is 0 Å². The molecule has 2 aromatic heterocycles. The molecule has 1 aliphatic carbocycles. The van der Waals surface area contributed by atoms with Gasteiger partial charge in [-0.05, 0) is 30.4 Å². The van der Waals surface area contributed by atoms with Gasteiger partial charge < -0.3 is 5.32 Å². The predicted octanol–water partition coefficient (Wildman–Crippen LogP) is 4.26. The molecular formula is C17H23N3S. The van der Waals surface area contributed by atoms with E-state index in [0.717, 1.165) is 22.9 Å². The fourth-order valence-corrected chi connectivity index (χ4v) is 3.89. The Bertz CT molecular complexity index is 577. The molecule has 4 heteroatoms. The van der Waals surface area contributed by atoms with Crippen LogP contribution >= 0.6 is 11.3 Å². The van der Waals surface area contributed by atoms with Crippen LogP contribution in [0.1, 0.15) is 45.2 Å². The van der Waals surface area contributed by atoms with Crippen LogP contribution in [-0.4, -0.2) is 16.0 Å². The molecule has 1 atom stereocenters. The molecule has 0 saturated heterocycles. The maximum absolute atomic E-state index is 4.71. The zero-order valence-corrected chi connectivity index (χ0v) is 13.6. The Morgan fingerprint density at radius 3 is 3.00 bits per heavy atom. The third-order valence-corrected chi connectivity index (χ3v) is 5.39. The second-order valence-corrected chi connectivity index (χ2v) is 7.38. The number of nitrogens with zero attached hydrogens (tertiary/aromatic N) is 2. The first kappa shape index (κ1) is 14.7.